The molecule has 2 rings (SSSR count). The third-order valence-electron chi connectivity index (χ3n) is 1.91. The van der Waals surface area contributed by atoms with Gasteiger partial charge < -0.3 is 4.98 Å². The molecule has 0 spiro atoms. The first-order valence-corrected chi connectivity index (χ1v) is 4.32. The van der Waals surface area contributed by atoms with E-state index < -0.39 is 0 Å². The molecule has 0 saturated carbocycles. The first-order valence-electron chi connectivity index (χ1n) is 3.87. The van der Waals surface area contributed by atoms with E-state index in [-0.39, 0.29) is 5.69 Å². The van der Waals surface area contributed by atoms with Gasteiger partial charge in [0.05, 0.1) is 5.52 Å². The van der Waals surface area contributed by atoms with Gasteiger partial charge in [0.2, 0.25) is 0 Å². The lowest BCUT2D eigenvalue weighted by molar-refractivity contribution is 1.06. The van der Waals surface area contributed by atoms with Crippen LogP contribution in [0.2, 0.25) is 0 Å². The SMILES string of the molecule is Cc1[nH]c(=O)nc2cccc(S)c12. The molecule has 1 aromatic heterocycles. The maximum atomic E-state index is 11.0. The Morgan fingerprint density at radius 2 is 2.23 bits per heavy atom. The number of hydrogen-bond donors (Lipinski definition) is 2. The quantitative estimate of drug-likeness (QED) is 0.622. The van der Waals surface area contributed by atoms with Gasteiger partial charge in [-0.25, -0.2) is 4.79 Å². The molecule has 0 atom stereocenters. The highest BCUT2D eigenvalue weighted by Gasteiger charge is 2.02. The Kier molecular flexibility index (Phi) is 1.84. The molecule has 3 nitrogen and oxygen atoms in total. The molecule has 13 heavy (non-hydrogen) atoms. The van der Waals surface area contributed by atoms with Crippen molar-refractivity contribution in [3.05, 3.63) is 34.4 Å². The van der Waals surface area contributed by atoms with Crippen molar-refractivity contribution < 1.29 is 0 Å². The molecular weight excluding hydrogens is 184 g/mol. The van der Waals surface area contributed by atoms with Gasteiger partial charge in [-0.3, -0.25) is 0 Å². The first-order chi connectivity index (χ1) is 6.18. The van der Waals surface area contributed by atoms with Crippen molar-refractivity contribution in [2.24, 2.45) is 0 Å². The molecular formula is C9H8N2OS. The van der Waals surface area contributed by atoms with Crippen molar-refractivity contribution in [1.82, 2.24) is 9.97 Å². The van der Waals surface area contributed by atoms with Crippen LogP contribution in [0, 0.1) is 6.92 Å². The molecule has 0 aliphatic rings. The van der Waals surface area contributed by atoms with Gasteiger partial charge in [-0.15, -0.1) is 12.6 Å². The van der Waals surface area contributed by atoms with E-state index in [1.54, 1.807) is 6.07 Å². The lowest BCUT2D eigenvalue weighted by Crippen LogP contribution is -2.11. The van der Waals surface area contributed by atoms with Gasteiger partial charge in [0.1, 0.15) is 0 Å². The van der Waals surface area contributed by atoms with Gasteiger partial charge in [-0.05, 0) is 19.1 Å². The monoisotopic (exact) mass is 192 g/mol. The predicted octanol–water partition coefficient (Wildman–Crippen LogP) is 1.52. The average molecular weight is 192 g/mol. The van der Waals surface area contributed by atoms with E-state index in [1.807, 2.05) is 19.1 Å². The van der Waals surface area contributed by atoms with Crippen molar-refractivity contribution in [1.29, 1.82) is 0 Å². The number of thiol groups is 1. The second kappa shape index (κ2) is 2.88. The fourth-order valence-electron chi connectivity index (χ4n) is 1.37. The zero-order chi connectivity index (χ0) is 9.42. The summed E-state index contributed by atoms with van der Waals surface area (Å²) in [4.78, 5) is 18.3. The fraction of sp³-hybridized carbons (Fsp3) is 0.111. The van der Waals surface area contributed by atoms with Crippen molar-refractivity contribution >= 4 is 23.5 Å². The number of aromatic nitrogens is 2. The first kappa shape index (κ1) is 8.31. The standard InChI is InChI=1S/C9H8N2OS/c1-5-8-6(11-9(12)10-5)3-2-4-7(8)13/h2-4,13H,1H3,(H,10,11,12). The number of H-pyrrole nitrogens is 1. The summed E-state index contributed by atoms with van der Waals surface area (Å²) in [6, 6.07) is 5.51. The zero-order valence-electron chi connectivity index (χ0n) is 7.03. The fourth-order valence-corrected chi connectivity index (χ4v) is 1.73. The normalized spacial score (nSPS) is 10.6. The van der Waals surface area contributed by atoms with Crippen LogP contribution in [0.3, 0.4) is 0 Å². The zero-order valence-corrected chi connectivity index (χ0v) is 7.93. The third-order valence-corrected chi connectivity index (χ3v) is 2.28. The molecule has 1 aromatic carbocycles. The summed E-state index contributed by atoms with van der Waals surface area (Å²) in [6.07, 6.45) is 0. The second-order valence-corrected chi connectivity index (χ2v) is 3.32. The van der Waals surface area contributed by atoms with Gasteiger partial charge in [-0.2, -0.15) is 4.98 Å². The topological polar surface area (TPSA) is 45.8 Å². The van der Waals surface area contributed by atoms with Gasteiger partial charge in [0, 0.05) is 16.0 Å². The molecule has 0 amide bonds. The molecule has 0 fully saturated rings. The van der Waals surface area contributed by atoms with Crippen molar-refractivity contribution in [3.8, 4) is 0 Å². The molecule has 2 aromatic rings. The van der Waals surface area contributed by atoms with E-state index in [0.717, 1.165) is 16.0 Å². The molecule has 4 heteroatoms. The number of aromatic amines is 1. The van der Waals surface area contributed by atoms with Crippen LogP contribution in [0.5, 0.6) is 0 Å². The summed E-state index contributed by atoms with van der Waals surface area (Å²) in [7, 11) is 0. The molecule has 0 aliphatic carbocycles. The van der Waals surface area contributed by atoms with Crippen LogP contribution in [0.25, 0.3) is 10.9 Å². The van der Waals surface area contributed by atoms with Crippen LogP contribution in [0.4, 0.5) is 0 Å². The maximum absolute atomic E-state index is 11.0. The van der Waals surface area contributed by atoms with Crippen LogP contribution >= 0.6 is 12.6 Å². The lowest BCUT2D eigenvalue weighted by atomic mass is 10.2. The van der Waals surface area contributed by atoms with Crippen LogP contribution in [-0.4, -0.2) is 9.97 Å². The summed E-state index contributed by atoms with van der Waals surface area (Å²) >= 11 is 4.29. The summed E-state index contributed by atoms with van der Waals surface area (Å²) in [6.45, 7) is 1.84. The Bertz CT molecular complexity index is 518. The Labute approximate surface area is 80.2 Å². The van der Waals surface area contributed by atoms with E-state index in [1.165, 1.54) is 0 Å². The van der Waals surface area contributed by atoms with Gasteiger partial charge >= 0.3 is 5.69 Å². The van der Waals surface area contributed by atoms with Crippen molar-refractivity contribution in [2.45, 2.75) is 11.8 Å². The summed E-state index contributed by atoms with van der Waals surface area (Å²) < 4.78 is 0. The predicted molar refractivity (Wildman–Crippen MR) is 54.4 cm³/mol. The van der Waals surface area contributed by atoms with Gasteiger partial charge in [0.25, 0.3) is 0 Å². The number of aryl methyl sites for hydroxylation is 1. The Hall–Kier alpha value is -1.29. The van der Waals surface area contributed by atoms with Crippen LogP contribution in [-0.2, 0) is 0 Å². The maximum Gasteiger partial charge on any atom is 0.345 e. The molecule has 1 heterocycles. The minimum atomic E-state index is -0.316. The highest BCUT2D eigenvalue weighted by atomic mass is 32.1. The van der Waals surface area contributed by atoms with Crippen molar-refractivity contribution in [2.75, 3.05) is 0 Å². The van der Waals surface area contributed by atoms with E-state index in [2.05, 4.69) is 22.6 Å². The molecule has 66 valence electrons. The van der Waals surface area contributed by atoms with Crippen LogP contribution in [0.15, 0.2) is 27.9 Å². The smallest absolute Gasteiger partial charge is 0.309 e. The van der Waals surface area contributed by atoms with Gasteiger partial charge in [-0.1, -0.05) is 6.07 Å². The van der Waals surface area contributed by atoms with Crippen LogP contribution in [0.1, 0.15) is 5.69 Å². The minimum Gasteiger partial charge on any atom is -0.309 e. The van der Waals surface area contributed by atoms with E-state index in [9.17, 15) is 4.79 Å². The number of fused-ring (bicyclic) bond motifs is 1. The molecule has 0 saturated heterocycles. The molecule has 0 radical (unpaired) electrons. The summed E-state index contributed by atoms with van der Waals surface area (Å²) in [5, 5.41) is 0.908. The Morgan fingerprint density at radius 3 is 3.00 bits per heavy atom. The van der Waals surface area contributed by atoms with E-state index in [0.29, 0.717) is 5.52 Å². The number of benzene rings is 1. The Morgan fingerprint density at radius 1 is 1.46 bits per heavy atom. The Balaban J connectivity index is 3.03. The second-order valence-electron chi connectivity index (χ2n) is 2.84. The summed E-state index contributed by atoms with van der Waals surface area (Å²) in [5.74, 6) is 0. The van der Waals surface area contributed by atoms with E-state index in [4.69, 9.17) is 0 Å². The van der Waals surface area contributed by atoms with Crippen molar-refractivity contribution in [3.63, 3.8) is 0 Å². The number of nitrogens with zero attached hydrogens (tertiary/aromatic N) is 1. The number of nitrogens with one attached hydrogen (secondary N) is 1. The molecule has 0 bridgehead atoms. The third kappa shape index (κ3) is 1.33. The average Bonchev–Trinajstić information content (AvgIpc) is 2.02. The highest BCUT2D eigenvalue weighted by Crippen LogP contribution is 2.20. The molecule has 1 N–H and O–H groups in total. The van der Waals surface area contributed by atoms with E-state index >= 15 is 0 Å². The van der Waals surface area contributed by atoms with Gasteiger partial charge in [0.15, 0.2) is 0 Å². The molecule has 0 aliphatic heterocycles. The number of hydrogen-bond acceptors (Lipinski definition) is 3. The number of rotatable bonds is 0. The lowest BCUT2D eigenvalue weighted by Gasteiger charge is -2.02. The highest BCUT2D eigenvalue weighted by molar-refractivity contribution is 7.80. The van der Waals surface area contributed by atoms with Crippen LogP contribution < -0.4 is 5.69 Å². The minimum absolute atomic E-state index is 0.316. The summed E-state index contributed by atoms with van der Waals surface area (Å²) in [5.41, 5.74) is 1.18. The largest absolute Gasteiger partial charge is 0.345 e. The molecule has 0 unspecified atom stereocenters.